The second-order valence-corrected chi connectivity index (χ2v) is 5.93. The first-order valence-corrected chi connectivity index (χ1v) is 7.87. The van der Waals surface area contributed by atoms with Crippen molar-refractivity contribution in [3.05, 3.63) is 35.7 Å². The van der Waals surface area contributed by atoms with Crippen molar-refractivity contribution in [1.29, 1.82) is 0 Å². The number of aromatic nitrogens is 5. The normalized spacial score (nSPS) is 24.8. The maximum atomic E-state index is 5.95. The third-order valence-corrected chi connectivity index (χ3v) is 4.48. The molecule has 0 aliphatic carbocycles. The van der Waals surface area contributed by atoms with Gasteiger partial charge in [0.05, 0.1) is 36.3 Å². The molecule has 0 aromatic carbocycles. The predicted octanol–water partition coefficient (Wildman–Crippen LogP) is 0.976. The zero-order chi connectivity index (χ0) is 14.9. The van der Waals surface area contributed by atoms with Crippen LogP contribution < -0.4 is 0 Å². The fourth-order valence-electron chi connectivity index (χ4n) is 3.32. The Morgan fingerprint density at radius 2 is 2.36 bits per heavy atom. The molecule has 7 heteroatoms. The molecule has 4 rings (SSSR count). The van der Waals surface area contributed by atoms with Gasteiger partial charge in [-0.3, -0.25) is 4.90 Å². The molecule has 0 bridgehead atoms. The molecule has 2 aliphatic heterocycles. The molecule has 7 nitrogen and oxygen atoms in total. The van der Waals surface area contributed by atoms with Crippen molar-refractivity contribution in [2.75, 3.05) is 13.1 Å². The average molecular weight is 300 g/mol. The monoisotopic (exact) mass is 300 g/mol. The summed E-state index contributed by atoms with van der Waals surface area (Å²) >= 11 is 0. The molecular formula is C15H20N6O. The van der Waals surface area contributed by atoms with Crippen LogP contribution in [0.5, 0.6) is 0 Å². The Kier molecular flexibility index (Phi) is 3.59. The second-order valence-electron chi connectivity index (χ2n) is 5.93. The summed E-state index contributed by atoms with van der Waals surface area (Å²) in [6.07, 6.45) is 5.80. The first kappa shape index (κ1) is 13.8. The van der Waals surface area contributed by atoms with Crippen LogP contribution in [0.1, 0.15) is 36.6 Å². The molecule has 2 aromatic rings. The van der Waals surface area contributed by atoms with E-state index < -0.39 is 0 Å². The molecule has 0 unspecified atom stereocenters. The zero-order valence-corrected chi connectivity index (χ0v) is 12.7. The van der Waals surface area contributed by atoms with Crippen molar-refractivity contribution in [2.45, 2.75) is 45.1 Å². The van der Waals surface area contributed by atoms with Gasteiger partial charge in [-0.05, 0) is 12.5 Å². The van der Waals surface area contributed by atoms with Gasteiger partial charge in [-0.2, -0.15) is 0 Å². The summed E-state index contributed by atoms with van der Waals surface area (Å²) in [5.41, 5.74) is 2.15. The van der Waals surface area contributed by atoms with E-state index in [1.807, 2.05) is 16.9 Å². The molecule has 2 aromatic heterocycles. The molecule has 0 amide bonds. The fourth-order valence-corrected chi connectivity index (χ4v) is 3.32. The Balaban J connectivity index is 1.49. The third-order valence-electron chi connectivity index (χ3n) is 4.48. The summed E-state index contributed by atoms with van der Waals surface area (Å²) in [6, 6.07) is 2.26. The molecule has 0 N–H and O–H groups in total. The Morgan fingerprint density at radius 1 is 1.41 bits per heavy atom. The smallest absolute Gasteiger partial charge is 0.128 e. The predicted molar refractivity (Wildman–Crippen MR) is 78.9 cm³/mol. The largest absolute Gasteiger partial charge is 0.370 e. The summed E-state index contributed by atoms with van der Waals surface area (Å²) in [5, 5.41) is 8.26. The number of aryl methyl sites for hydroxylation is 1. The number of rotatable bonds is 3. The number of fused-ring (bicyclic) bond motifs is 3. The third kappa shape index (κ3) is 2.50. The van der Waals surface area contributed by atoms with Crippen molar-refractivity contribution in [1.82, 2.24) is 29.9 Å². The molecule has 2 aliphatic rings. The molecular weight excluding hydrogens is 280 g/mol. The SMILES string of the molecule is CCc1nccc(CN2CC[C@H]3OCc4cnnn4[C@@H]3C2)n1. The molecule has 116 valence electrons. The number of piperidine rings is 1. The lowest BCUT2D eigenvalue weighted by molar-refractivity contribution is -0.0671. The lowest BCUT2D eigenvalue weighted by Crippen LogP contribution is -2.47. The minimum Gasteiger partial charge on any atom is -0.370 e. The van der Waals surface area contributed by atoms with E-state index in [1.165, 1.54) is 0 Å². The van der Waals surface area contributed by atoms with Gasteiger partial charge in [-0.1, -0.05) is 12.1 Å². The Labute approximate surface area is 129 Å². The van der Waals surface area contributed by atoms with Gasteiger partial charge in [0, 0.05) is 32.3 Å². The van der Waals surface area contributed by atoms with E-state index in [2.05, 4.69) is 32.1 Å². The summed E-state index contributed by atoms with van der Waals surface area (Å²) in [5.74, 6) is 0.909. The summed E-state index contributed by atoms with van der Waals surface area (Å²) in [6.45, 7) is 5.50. The molecule has 22 heavy (non-hydrogen) atoms. The first-order chi connectivity index (χ1) is 10.8. The van der Waals surface area contributed by atoms with Crippen molar-refractivity contribution < 1.29 is 4.74 Å². The molecule has 0 spiro atoms. The van der Waals surface area contributed by atoms with Gasteiger partial charge in [0.15, 0.2) is 0 Å². The van der Waals surface area contributed by atoms with Crippen molar-refractivity contribution >= 4 is 0 Å². The highest BCUT2D eigenvalue weighted by molar-refractivity contribution is 5.05. The highest BCUT2D eigenvalue weighted by Gasteiger charge is 2.36. The van der Waals surface area contributed by atoms with Crippen LogP contribution in [0.2, 0.25) is 0 Å². The lowest BCUT2D eigenvalue weighted by Gasteiger charge is -2.40. The van der Waals surface area contributed by atoms with E-state index in [0.717, 1.165) is 49.7 Å². The molecule has 1 saturated heterocycles. The minimum absolute atomic E-state index is 0.252. The van der Waals surface area contributed by atoms with Crippen molar-refractivity contribution in [3.63, 3.8) is 0 Å². The maximum Gasteiger partial charge on any atom is 0.128 e. The topological polar surface area (TPSA) is 69.0 Å². The van der Waals surface area contributed by atoms with Crippen LogP contribution in [0.3, 0.4) is 0 Å². The van der Waals surface area contributed by atoms with Crippen LogP contribution in [0.15, 0.2) is 18.5 Å². The van der Waals surface area contributed by atoms with Crippen molar-refractivity contribution in [3.8, 4) is 0 Å². The fraction of sp³-hybridized carbons (Fsp3) is 0.600. The van der Waals surface area contributed by atoms with Crippen LogP contribution in [-0.4, -0.2) is 49.1 Å². The summed E-state index contributed by atoms with van der Waals surface area (Å²) in [4.78, 5) is 11.3. The molecule has 0 radical (unpaired) electrons. The Morgan fingerprint density at radius 3 is 3.27 bits per heavy atom. The van der Waals surface area contributed by atoms with Gasteiger partial charge in [0.2, 0.25) is 0 Å². The van der Waals surface area contributed by atoms with E-state index in [9.17, 15) is 0 Å². The van der Waals surface area contributed by atoms with E-state index >= 15 is 0 Å². The molecule has 0 saturated carbocycles. The van der Waals surface area contributed by atoms with Gasteiger partial charge >= 0.3 is 0 Å². The zero-order valence-electron chi connectivity index (χ0n) is 12.7. The van der Waals surface area contributed by atoms with Gasteiger partial charge < -0.3 is 4.74 Å². The Bertz CT molecular complexity index is 657. The van der Waals surface area contributed by atoms with Gasteiger partial charge in [0.25, 0.3) is 0 Å². The van der Waals surface area contributed by atoms with Crippen LogP contribution in [0.25, 0.3) is 0 Å². The van der Waals surface area contributed by atoms with E-state index in [0.29, 0.717) is 6.61 Å². The van der Waals surface area contributed by atoms with Crippen molar-refractivity contribution in [2.24, 2.45) is 0 Å². The van der Waals surface area contributed by atoms with Gasteiger partial charge in [0.1, 0.15) is 5.82 Å². The highest BCUT2D eigenvalue weighted by Crippen LogP contribution is 2.30. The quantitative estimate of drug-likeness (QED) is 0.841. The lowest BCUT2D eigenvalue weighted by atomic mass is 10.0. The standard InChI is InChI=1S/C15H20N6O/c1-2-15-16-5-3-11(18-15)8-20-6-4-14-13(9-20)21-12(10-22-14)7-17-19-21/h3,5,7,13-14H,2,4,6,8-10H2,1H3/t13-,14-/m1/s1. The summed E-state index contributed by atoms with van der Waals surface area (Å²) < 4.78 is 7.99. The minimum atomic E-state index is 0.252. The summed E-state index contributed by atoms with van der Waals surface area (Å²) in [7, 11) is 0. The molecule has 4 heterocycles. The van der Waals surface area contributed by atoms with E-state index in [1.54, 1.807) is 6.20 Å². The van der Waals surface area contributed by atoms with Crippen LogP contribution >= 0.6 is 0 Å². The second kappa shape index (κ2) is 5.73. The number of likely N-dealkylation sites (tertiary alicyclic amines) is 1. The van der Waals surface area contributed by atoms with Gasteiger partial charge in [-0.25, -0.2) is 14.6 Å². The highest BCUT2D eigenvalue weighted by atomic mass is 16.5. The number of ether oxygens (including phenoxy) is 1. The number of nitrogens with zero attached hydrogens (tertiary/aromatic N) is 6. The van der Waals surface area contributed by atoms with E-state index in [-0.39, 0.29) is 12.1 Å². The number of hydrogen-bond acceptors (Lipinski definition) is 6. The van der Waals surface area contributed by atoms with Gasteiger partial charge in [-0.15, -0.1) is 5.10 Å². The average Bonchev–Trinajstić information content (AvgIpc) is 3.04. The van der Waals surface area contributed by atoms with Crippen LogP contribution in [0, 0.1) is 0 Å². The molecule has 1 fully saturated rings. The number of hydrogen-bond donors (Lipinski definition) is 0. The maximum absolute atomic E-state index is 5.95. The van der Waals surface area contributed by atoms with Crippen LogP contribution in [0.4, 0.5) is 0 Å². The Hall–Kier alpha value is -1.86. The molecule has 2 atom stereocenters. The van der Waals surface area contributed by atoms with Crippen LogP contribution in [-0.2, 0) is 24.3 Å². The first-order valence-electron chi connectivity index (χ1n) is 7.87. The van der Waals surface area contributed by atoms with E-state index in [4.69, 9.17) is 4.74 Å².